The third-order valence-electron chi connectivity index (χ3n) is 2.06. The molecule has 78 valence electrons. The van der Waals surface area contributed by atoms with Gasteiger partial charge >= 0.3 is 0 Å². The average molecular weight is 223 g/mol. The summed E-state index contributed by atoms with van der Waals surface area (Å²) < 4.78 is 1.70. The van der Waals surface area contributed by atoms with Gasteiger partial charge in [0.15, 0.2) is 0 Å². The van der Waals surface area contributed by atoms with Crippen LogP contribution in [0.5, 0.6) is 0 Å². The lowest BCUT2D eigenvalue weighted by atomic mass is 10.1. The molecular formula is C10H11ClN4. The van der Waals surface area contributed by atoms with Crippen LogP contribution in [0.1, 0.15) is 25.5 Å². The minimum atomic E-state index is 0.370. The zero-order valence-corrected chi connectivity index (χ0v) is 9.31. The Morgan fingerprint density at radius 2 is 2.07 bits per heavy atom. The Labute approximate surface area is 92.9 Å². The normalized spacial score (nSPS) is 10.9. The van der Waals surface area contributed by atoms with Gasteiger partial charge < -0.3 is 0 Å². The SMILES string of the molecule is CC(C)c1ccnn1-c1nccc(Cl)n1. The first-order valence-corrected chi connectivity index (χ1v) is 5.09. The maximum Gasteiger partial charge on any atom is 0.252 e. The molecule has 2 rings (SSSR count). The molecule has 5 heteroatoms. The van der Waals surface area contributed by atoms with Crippen LogP contribution in [0.3, 0.4) is 0 Å². The van der Waals surface area contributed by atoms with Gasteiger partial charge in [-0.2, -0.15) is 10.1 Å². The molecule has 2 heterocycles. The molecule has 0 spiro atoms. The number of aromatic nitrogens is 4. The standard InChI is InChI=1S/C10H11ClN4/c1-7(2)8-3-6-13-15(8)10-12-5-4-9(11)14-10/h3-7H,1-2H3. The van der Waals surface area contributed by atoms with Crippen LogP contribution < -0.4 is 0 Å². The topological polar surface area (TPSA) is 43.6 Å². The first-order chi connectivity index (χ1) is 7.18. The van der Waals surface area contributed by atoms with Crippen LogP contribution in [0, 0.1) is 0 Å². The summed E-state index contributed by atoms with van der Waals surface area (Å²) in [7, 11) is 0. The van der Waals surface area contributed by atoms with Gasteiger partial charge in [0.25, 0.3) is 5.95 Å². The van der Waals surface area contributed by atoms with Gasteiger partial charge in [0.1, 0.15) is 5.15 Å². The maximum absolute atomic E-state index is 5.80. The summed E-state index contributed by atoms with van der Waals surface area (Å²) in [5, 5.41) is 4.60. The second-order valence-corrected chi connectivity index (χ2v) is 3.89. The fourth-order valence-corrected chi connectivity index (χ4v) is 1.48. The fraction of sp³-hybridized carbons (Fsp3) is 0.300. The van der Waals surface area contributed by atoms with E-state index in [4.69, 9.17) is 11.6 Å². The third-order valence-corrected chi connectivity index (χ3v) is 2.27. The molecule has 0 saturated heterocycles. The van der Waals surface area contributed by atoms with Crippen LogP contribution in [-0.4, -0.2) is 19.7 Å². The van der Waals surface area contributed by atoms with Gasteiger partial charge in [-0.3, -0.25) is 0 Å². The van der Waals surface area contributed by atoms with Crippen molar-refractivity contribution in [1.82, 2.24) is 19.7 Å². The Morgan fingerprint density at radius 3 is 2.73 bits per heavy atom. The van der Waals surface area contributed by atoms with Gasteiger partial charge in [0, 0.05) is 12.4 Å². The summed E-state index contributed by atoms with van der Waals surface area (Å²) in [6.07, 6.45) is 3.36. The van der Waals surface area contributed by atoms with Gasteiger partial charge in [0.2, 0.25) is 0 Å². The lowest BCUT2D eigenvalue weighted by Gasteiger charge is -2.07. The molecule has 0 bridgehead atoms. The first kappa shape index (κ1) is 10.1. The third kappa shape index (κ3) is 1.99. The lowest BCUT2D eigenvalue weighted by Crippen LogP contribution is -2.07. The Kier molecular flexibility index (Phi) is 2.68. The van der Waals surface area contributed by atoms with E-state index in [0.717, 1.165) is 5.69 Å². The fourth-order valence-electron chi connectivity index (χ4n) is 1.35. The number of halogens is 1. The Morgan fingerprint density at radius 1 is 1.27 bits per heavy atom. The van der Waals surface area contributed by atoms with E-state index in [2.05, 4.69) is 28.9 Å². The molecule has 4 nitrogen and oxygen atoms in total. The highest BCUT2D eigenvalue weighted by molar-refractivity contribution is 6.29. The molecule has 0 N–H and O–H groups in total. The van der Waals surface area contributed by atoms with E-state index in [1.807, 2.05) is 6.07 Å². The molecule has 2 aromatic rings. The van der Waals surface area contributed by atoms with Crippen molar-refractivity contribution in [2.75, 3.05) is 0 Å². The van der Waals surface area contributed by atoms with Gasteiger partial charge in [-0.1, -0.05) is 25.4 Å². The van der Waals surface area contributed by atoms with Gasteiger partial charge in [0.05, 0.1) is 5.69 Å². The number of nitrogens with zero attached hydrogens (tertiary/aromatic N) is 4. The predicted octanol–water partition coefficient (Wildman–Crippen LogP) is 2.44. The van der Waals surface area contributed by atoms with Crippen molar-refractivity contribution in [1.29, 1.82) is 0 Å². The molecule has 15 heavy (non-hydrogen) atoms. The van der Waals surface area contributed by atoms with Crippen molar-refractivity contribution in [3.8, 4) is 5.95 Å². The maximum atomic E-state index is 5.80. The summed E-state index contributed by atoms with van der Waals surface area (Å²) >= 11 is 5.80. The van der Waals surface area contributed by atoms with E-state index in [1.54, 1.807) is 23.1 Å². The van der Waals surface area contributed by atoms with E-state index in [0.29, 0.717) is 17.0 Å². The first-order valence-electron chi connectivity index (χ1n) is 4.71. The smallest absolute Gasteiger partial charge is 0.220 e. The zero-order valence-electron chi connectivity index (χ0n) is 8.55. The van der Waals surface area contributed by atoms with Crippen LogP contribution in [0.15, 0.2) is 24.5 Å². The number of hydrogen-bond donors (Lipinski definition) is 0. The van der Waals surface area contributed by atoms with Crippen molar-refractivity contribution in [2.24, 2.45) is 0 Å². The van der Waals surface area contributed by atoms with E-state index in [-0.39, 0.29) is 0 Å². The second-order valence-electron chi connectivity index (χ2n) is 3.50. The lowest BCUT2D eigenvalue weighted by molar-refractivity contribution is 0.704. The van der Waals surface area contributed by atoms with Crippen molar-refractivity contribution in [3.05, 3.63) is 35.4 Å². The molecule has 0 amide bonds. The molecule has 2 aromatic heterocycles. The number of rotatable bonds is 2. The Balaban J connectivity index is 2.49. The van der Waals surface area contributed by atoms with Gasteiger partial charge in [-0.25, -0.2) is 9.67 Å². The highest BCUT2D eigenvalue weighted by Gasteiger charge is 2.10. The summed E-state index contributed by atoms with van der Waals surface area (Å²) in [5.74, 6) is 0.881. The molecule has 0 saturated carbocycles. The van der Waals surface area contributed by atoms with Crippen LogP contribution >= 0.6 is 11.6 Å². The molecule has 0 aliphatic rings. The van der Waals surface area contributed by atoms with Crippen LogP contribution in [0.25, 0.3) is 5.95 Å². The largest absolute Gasteiger partial charge is 0.252 e. The Bertz CT molecular complexity index is 464. The molecule has 0 aliphatic heterocycles. The highest BCUT2D eigenvalue weighted by Crippen LogP contribution is 2.16. The van der Waals surface area contributed by atoms with E-state index in [1.165, 1.54) is 0 Å². The second kappa shape index (κ2) is 3.98. The van der Waals surface area contributed by atoms with Crippen molar-refractivity contribution in [2.45, 2.75) is 19.8 Å². The zero-order chi connectivity index (χ0) is 10.8. The van der Waals surface area contributed by atoms with E-state index in [9.17, 15) is 0 Å². The minimum absolute atomic E-state index is 0.370. The van der Waals surface area contributed by atoms with E-state index < -0.39 is 0 Å². The summed E-state index contributed by atoms with van der Waals surface area (Å²) in [6, 6.07) is 3.60. The molecule has 0 fully saturated rings. The summed E-state index contributed by atoms with van der Waals surface area (Å²) in [5.41, 5.74) is 1.07. The summed E-state index contributed by atoms with van der Waals surface area (Å²) in [6.45, 7) is 4.19. The van der Waals surface area contributed by atoms with Gasteiger partial charge in [-0.15, -0.1) is 0 Å². The molecule has 0 radical (unpaired) electrons. The van der Waals surface area contributed by atoms with Crippen molar-refractivity contribution >= 4 is 11.6 Å². The van der Waals surface area contributed by atoms with Crippen molar-refractivity contribution in [3.63, 3.8) is 0 Å². The molecular weight excluding hydrogens is 212 g/mol. The molecule has 0 atom stereocenters. The molecule has 0 unspecified atom stereocenters. The minimum Gasteiger partial charge on any atom is -0.220 e. The van der Waals surface area contributed by atoms with Crippen LogP contribution in [0.4, 0.5) is 0 Å². The predicted molar refractivity (Wildman–Crippen MR) is 58.3 cm³/mol. The molecule has 0 aromatic carbocycles. The summed E-state index contributed by atoms with van der Waals surface area (Å²) in [4.78, 5) is 8.24. The van der Waals surface area contributed by atoms with E-state index >= 15 is 0 Å². The Hall–Kier alpha value is -1.42. The molecule has 0 aliphatic carbocycles. The van der Waals surface area contributed by atoms with Crippen LogP contribution in [0.2, 0.25) is 5.15 Å². The highest BCUT2D eigenvalue weighted by atomic mass is 35.5. The van der Waals surface area contributed by atoms with Gasteiger partial charge in [-0.05, 0) is 18.1 Å². The van der Waals surface area contributed by atoms with Crippen molar-refractivity contribution < 1.29 is 0 Å². The van der Waals surface area contributed by atoms with Crippen LogP contribution in [-0.2, 0) is 0 Å². The monoisotopic (exact) mass is 222 g/mol. The quantitative estimate of drug-likeness (QED) is 0.733. The average Bonchev–Trinajstić information content (AvgIpc) is 2.65. The number of hydrogen-bond acceptors (Lipinski definition) is 3.